The van der Waals surface area contributed by atoms with Crippen LogP contribution in [0.15, 0.2) is 54.7 Å². The van der Waals surface area contributed by atoms with Gasteiger partial charge in [-0.15, -0.1) is 0 Å². The van der Waals surface area contributed by atoms with E-state index in [-0.39, 0.29) is 17.2 Å². The maximum absolute atomic E-state index is 13.0. The van der Waals surface area contributed by atoms with E-state index in [1.807, 2.05) is 26.8 Å². The quantitative estimate of drug-likeness (QED) is 0.466. The third-order valence-corrected chi connectivity index (χ3v) is 5.09. The molecule has 32 heavy (non-hydrogen) atoms. The van der Waals surface area contributed by atoms with Crippen molar-refractivity contribution in [1.29, 1.82) is 5.26 Å². The second-order valence-corrected chi connectivity index (χ2v) is 7.58. The van der Waals surface area contributed by atoms with Gasteiger partial charge in [-0.1, -0.05) is 23.8 Å². The van der Waals surface area contributed by atoms with E-state index >= 15 is 0 Å². The van der Waals surface area contributed by atoms with E-state index in [0.29, 0.717) is 11.4 Å². The zero-order chi connectivity index (χ0) is 22.8. The second-order valence-electron chi connectivity index (χ2n) is 7.58. The Hall–Kier alpha value is -4.31. The van der Waals surface area contributed by atoms with E-state index in [1.54, 1.807) is 18.2 Å². The van der Waals surface area contributed by atoms with Gasteiger partial charge in [-0.3, -0.25) is 4.79 Å². The number of benzene rings is 2. The molecule has 7 heteroatoms. The highest BCUT2D eigenvalue weighted by molar-refractivity contribution is 6.02. The average Bonchev–Trinajstić information content (AvgIpc) is 3.16. The van der Waals surface area contributed by atoms with E-state index in [0.717, 1.165) is 27.6 Å². The molecular formula is C25H20FN5O. The van der Waals surface area contributed by atoms with E-state index in [1.165, 1.54) is 29.1 Å². The van der Waals surface area contributed by atoms with E-state index in [2.05, 4.69) is 28.6 Å². The van der Waals surface area contributed by atoms with Crippen molar-refractivity contribution in [2.45, 2.75) is 20.8 Å². The number of hydrogen-bond acceptors (Lipinski definition) is 4. The zero-order valence-corrected chi connectivity index (χ0v) is 17.8. The van der Waals surface area contributed by atoms with E-state index in [9.17, 15) is 14.4 Å². The van der Waals surface area contributed by atoms with Crippen molar-refractivity contribution in [2.24, 2.45) is 0 Å². The molecule has 4 aromatic rings. The van der Waals surface area contributed by atoms with Gasteiger partial charge < -0.3 is 5.32 Å². The molecular weight excluding hydrogens is 405 g/mol. The van der Waals surface area contributed by atoms with Crippen molar-refractivity contribution >= 4 is 28.7 Å². The van der Waals surface area contributed by atoms with Crippen LogP contribution in [0.1, 0.15) is 27.8 Å². The van der Waals surface area contributed by atoms with E-state index < -0.39 is 5.91 Å². The first-order chi connectivity index (χ1) is 15.4. The van der Waals surface area contributed by atoms with Crippen LogP contribution in [-0.2, 0) is 4.79 Å². The number of hydrogen-bond donors (Lipinski definition) is 1. The van der Waals surface area contributed by atoms with Crippen molar-refractivity contribution in [1.82, 2.24) is 14.8 Å². The van der Waals surface area contributed by atoms with Gasteiger partial charge in [0, 0.05) is 11.5 Å². The molecule has 0 aliphatic rings. The first-order valence-electron chi connectivity index (χ1n) is 9.97. The van der Waals surface area contributed by atoms with Crippen LogP contribution in [0.5, 0.6) is 0 Å². The van der Waals surface area contributed by atoms with Crippen molar-refractivity contribution < 1.29 is 9.18 Å². The minimum Gasteiger partial charge on any atom is -0.306 e. The van der Waals surface area contributed by atoms with Crippen molar-refractivity contribution in [3.63, 3.8) is 0 Å². The fraction of sp³-hybridized carbons (Fsp3) is 0.120. The zero-order valence-electron chi connectivity index (χ0n) is 17.8. The Bertz CT molecular complexity index is 1410. The fourth-order valence-electron chi connectivity index (χ4n) is 3.56. The molecule has 0 spiro atoms. The molecule has 2 heterocycles. The van der Waals surface area contributed by atoms with Gasteiger partial charge in [0.2, 0.25) is 5.91 Å². The highest BCUT2D eigenvalue weighted by Gasteiger charge is 2.16. The van der Waals surface area contributed by atoms with Crippen LogP contribution in [0.4, 0.5) is 10.2 Å². The number of nitriles is 1. The molecule has 6 nitrogen and oxygen atoms in total. The lowest BCUT2D eigenvalue weighted by Gasteiger charge is -2.12. The van der Waals surface area contributed by atoms with Crippen LogP contribution in [0.25, 0.3) is 22.8 Å². The molecule has 0 saturated heterocycles. The number of amides is 1. The summed E-state index contributed by atoms with van der Waals surface area (Å²) in [5, 5.41) is 17.5. The Labute approximate surface area is 184 Å². The van der Waals surface area contributed by atoms with Crippen molar-refractivity contribution in [3.8, 4) is 11.9 Å². The lowest BCUT2D eigenvalue weighted by Crippen LogP contribution is -2.14. The van der Waals surface area contributed by atoms with Crippen LogP contribution in [0.2, 0.25) is 0 Å². The molecule has 0 aliphatic carbocycles. The standard InChI is InChI=1S/C25H20FN5O/c1-15-10-17(3)24-21(11-15)16(2)12-22(29-24)31-25(19(13-27)14-28-31)30-23(32)9-6-18-4-7-20(26)8-5-18/h4-12,14H,1-3H3,(H,30,32)/b9-6+. The van der Waals surface area contributed by atoms with Gasteiger partial charge in [0.25, 0.3) is 0 Å². The number of nitrogens with zero attached hydrogens (tertiary/aromatic N) is 4. The number of rotatable bonds is 4. The summed E-state index contributed by atoms with van der Waals surface area (Å²) in [6.45, 7) is 6.03. The Morgan fingerprint density at radius 1 is 1.12 bits per heavy atom. The highest BCUT2D eigenvalue weighted by Crippen LogP contribution is 2.26. The summed E-state index contributed by atoms with van der Waals surface area (Å²) in [5.74, 6) is -0.0619. The largest absolute Gasteiger partial charge is 0.306 e. The lowest BCUT2D eigenvalue weighted by atomic mass is 10.0. The third-order valence-electron chi connectivity index (χ3n) is 5.09. The summed E-state index contributed by atoms with van der Waals surface area (Å²) in [6, 6.07) is 13.8. The van der Waals surface area contributed by atoms with Crippen molar-refractivity contribution in [3.05, 3.63) is 88.4 Å². The molecule has 4 rings (SSSR count). The van der Waals surface area contributed by atoms with Crippen molar-refractivity contribution in [2.75, 3.05) is 5.32 Å². The smallest absolute Gasteiger partial charge is 0.249 e. The summed E-state index contributed by atoms with van der Waals surface area (Å²) in [5.41, 5.74) is 4.93. The van der Waals surface area contributed by atoms with E-state index in [4.69, 9.17) is 4.98 Å². The number of carbonyl (C=O) groups is 1. The van der Waals surface area contributed by atoms with Gasteiger partial charge in [0.15, 0.2) is 11.6 Å². The Kier molecular flexibility index (Phi) is 5.52. The predicted molar refractivity (Wildman–Crippen MR) is 122 cm³/mol. The summed E-state index contributed by atoms with van der Waals surface area (Å²) in [4.78, 5) is 17.3. The fourth-order valence-corrected chi connectivity index (χ4v) is 3.56. The number of pyridine rings is 1. The Balaban J connectivity index is 1.70. The number of carbonyl (C=O) groups excluding carboxylic acids is 1. The first-order valence-corrected chi connectivity index (χ1v) is 9.97. The predicted octanol–water partition coefficient (Wildman–Crippen LogP) is 5.01. The van der Waals surface area contributed by atoms with Crippen LogP contribution >= 0.6 is 0 Å². The molecule has 158 valence electrons. The summed E-state index contributed by atoms with van der Waals surface area (Å²) in [7, 11) is 0. The molecule has 0 aliphatic heterocycles. The van der Waals surface area contributed by atoms with Crippen LogP contribution < -0.4 is 5.32 Å². The molecule has 0 radical (unpaired) electrons. The van der Waals surface area contributed by atoms with Gasteiger partial charge in [-0.05, 0) is 67.8 Å². The van der Waals surface area contributed by atoms with Gasteiger partial charge in [0.1, 0.15) is 17.4 Å². The number of nitrogens with one attached hydrogen (secondary N) is 1. The van der Waals surface area contributed by atoms with Gasteiger partial charge in [-0.2, -0.15) is 15.0 Å². The topological polar surface area (TPSA) is 83.6 Å². The number of aryl methyl sites for hydroxylation is 3. The summed E-state index contributed by atoms with van der Waals surface area (Å²) < 4.78 is 14.5. The molecule has 0 bridgehead atoms. The molecule has 1 N–H and O–H groups in total. The number of fused-ring (bicyclic) bond motifs is 1. The molecule has 0 atom stereocenters. The average molecular weight is 425 g/mol. The maximum Gasteiger partial charge on any atom is 0.249 e. The molecule has 0 fully saturated rings. The molecule has 1 amide bonds. The van der Waals surface area contributed by atoms with Crippen LogP contribution in [0, 0.1) is 37.9 Å². The SMILES string of the molecule is Cc1cc(C)c2nc(-n3ncc(C#N)c3NC(=O)/C=C/c3ccc(F)cc3)cc(C)c2c1. The Morgan fingerprint density at radius 3 is 2.59 bits per heavy atom. The number of aromatic nitrogens is 3. The Morgan fingerprint density at radius 2 is 1.88 bits per heavy atom. The summed E-state index contributed by atoms with van der Waals surface area (Å²) in [6.07, 6.45) is 4.27. The molecule has 2 aromatic carbocycles. The van der Waals surface area contributed by atoms with Gasteiger partial charge in [0.05, 0.1) is 11.7 Å². The first kappa shape index (κ1) is 20.9. The molecule has 0 saturated carbocycles. The maximum atomic E-state index is 13.0. The number of anilines is 1. The number of halogens is 1. The third kappa shape index (κ3) is 4.12. The second kappa shape index (κ2) is 8.44. The normalized spacial score (nSPS) is 11.1. The van der Waals surface area contributed by atoms with Crippen LogP contribution in [-0.4, -0.2) is 20.7 Å². The minimum absolute atomic E-state index is 0.216. The van der Waals surface area contributed by atoms with Gasteiger partial charge >= 0.3 is 0 Å². The van der Waals surface area contributed by atoms with Gasteiger partial charge in [-0.25, -0.2) is 9.37 Å². The monoisotopic (exact) mass is 425 g/mol. The molecule has 0 unspecified atom stereocenters. The lowest BCUT2D eigenvalue weighted by molar-refractivity contribution is -0.111. The van der Waals surface area contributed by atoms with Crippen LogP contribution in [0.3, 0.4) is 0 Å². The minimum atomic E-state index is -0.447. The molecule has 2 aromatic heterocycles. The highest BCUT2D eigenvalue weighted by atomic mass is 19.1. The summed E-state index contributed by atoms with van der Waals surface area (Å²) >= 11 is 0.